The summed E-state index contributed by atoms with van der Waals surface area (Å²) in [7, 11) is 0. The van der Waals surface area contributed by atoms with Gasteiger partial charge >= 0.3 is 0 Å². The fourth-order valence-electron chi connectivity index (χ4n) is 3.35. The van der Waals surface area contributed by atoms with Crippen molar-refractivity contribution in [2.24, 2.45) is 5.92 Å². The Morgan fingerprint density at radius 3 is 2.74 bits per heavy atom. The maximum Gasteiger partial charge on any atom is 0.269 e. The van der Waals surface area contributed by atoms with Crippen molar-refractivity contribution in [1.82, 2.24) is 14.9 Å². The fraction of sp³-hybridized carbons (Fsp3) is 0.444. The average molecular weight is 329 g/mol. The van der Waals surface area contributed by atoms with Crippen LogP contribution in [0.2, 0.25) is 0 Å². The summed E-state index contributed by atoms with van der Waals surface area (Å²) in [5.74, 6) is 0.792. The van der Waals surface area contributed by atoms with Gasteiger partial charge in [0.2, 0.25) is 0 Å². The highest BCUT2D eigenvalue weighted by atomic mass is 32.1. The lowest BCUT2D eigenvalue weighted by atomic mass is 10.0. The van der Waals surface area contributed by atoms with Crippen LogP contribution in [0.4, 0.5) is 0 Å². The molecule has 1 aliphatic rings. The van der Waals surface area contributed by atoms with E-state index in [9.17, 15) is 4.79 Å². The van der Waals surface area contributed by atoms with Gasteiger partial charge in [-0.1, -0.05) is 43.9 Å². The standard InChI is InChI=1S/C18H23N3OS/c22-17(19-12-6-9-14-7-4-5-8-14)16-13-20-18(23)21(16)15-10-2-1-3-11-15/h1-3,10-11,13-14H,4-9,12H2,(H,19,22)(H,20,23). The molecule has 0 unspecified atom stereocenters. The van der Waals surface area contributed by atoms with Gasteiger partial charge in [-0.3, -0.25) is 9.36 Å². The highest BCUT2D eigenvalue weighted by molar-refractivity contribution is 7.71. The van der Waals surface area contributed by atoms with Gasteiger partial charge in [0.15, 0.2) is 4.77 Å². The molecule has 4 nitrogen and oxygen atoms in total. The van der Waals surface area contributed by atoms with Crippen molar-refractivity contribution in [3.05, 3.63) is 47.0 Å². The summed E-state index contributed by atoms with van der Waals surface area (Å²) in [5.41, 5.74) is 1.46. The first-order valence-corrected chi connectivity index (χ1v) is 8.80. The number of rotatable bonds is 6. The summed E-state index contributed by atoms with van der Waals surface area (Å²) in [5, 5.41) is 3.02. The summed E-state index contributed by atoms with van der Waals surface area (Å²) in [6.45, 7) is 0.724. The van der Waals surface area contributed by atoms with Gasteiger partial charge < -0.3 is 10.3 Å². The first-order valence-electron chi connectivity index (χ1n) is 8.40. The van der Waals surface area contributed by atoms with Crippen molar-refractivity contribution >= 4 is 18.1 Å². The average Bonchev–Trinajstić information content (AvgIpc) is 3.21. The summed E-state index contributed by atoms with van der Waals surface area (Å²) in [4.78, 5) is 15.4. The molecule has 0 spiro atoms. The van der Waals surface area contributed by atoms with Gasteiger partial charge in [-0.15, -0.1) is 0 Å². The molecule has 1 saturated carbocycles. The van der Waals surface area contributed by atoms with E-state index in [1.165, 1.54) is 32.1 Å². The molecule has 2 aromatic rings. The van der Waals surface area contributed by atoms with Gasteiger partial charge in [0.1, 0.15) is 5.69 Å². The number of benzene rings is 1. The summed E-state index contributed by atoms with van der Waals surface area (Å²) in [6.07, 6.45) is 9.42. The lowest BCUT2D eigenvalue weighted by Gasteiger charge is -2.11. The number of hydrogen-bond donors (Lipinski definition) is 2. The van der Waals surface area contributed by atoms with E-state index in [0.717, 1.165) is 24.6 Å². The number of carbonyl (C=O) groups excluding carboxylic acids is 1. The number of nitrogens with zero attached hydrogens (tertiary/aromatic N) is 1. The van der Waals surface area contributed by atoms with Crippen molar-refractivity contribution in [3.63, 3.8) is 0 Å². The Kier molecular flexibility index (Phi) is 5.28. The van der Waals surface area contributed by atoms with Crippen LogP contribution in [0.1, 0.15) is 49.0 Å². The molecule has 2 N–H and O–H groups in total. The van der Waals surface area contributed by atoms with Gasteiger partial charge in [0.25, 0.3) is 5.91 Å². The topological polar surface area (TPSA) is 49.8 Å². The maximum atomic E-state index is 12.5. The SMILES string of the molecule is O=C(NCCCC1CCCC1)c1c[nH]c(=S)n1-c1ccccc1. The number of para-hydroxylation sites is 1. The number of amides is 1. The summed E-state index contributed by atoms with van der Waals surface area (Å²) >= 11 is 5.31. The molecule has 23 heavy (non-hydrogen) atoms. The highest BCUT2D eigenvalue weighted by Gasteiger charge is 2.16. The molecular weight excluding hydrogens is 306 g/mol. The van der Waals surface area contributed by atoms with E-state index in [1.807, 2.05) is 30.3 Å². The van der Waals surface area contributed by atoms with E-state index in [2.05, 4.69) is 10.3 Å². The van der Waals surface area contributed by atoms with Gasteiger partial charge in [0, 0.05) is 18.4 Å². The Bertz CT molecular complexity index is 699. The Hall–Kier alpha value is -1.88. The zero-order chi connectivity index (χ0) is 16.1. The van der Waals surface area contributed by atoms with Crippen LogP contribution in [-0.2, 0) is 0 Å². The Balaban J connectivity index is 1.60. The molecule has 0 bridgehead atoms. The first-order chi connectivity index (χ1) is 11.3. The molecule has 1 aromatic carbocycles. The molecule has 0 saturated heterocycles. The smallest absolute Gasteiger partial charge is 0.269 e. The largest absolute Gasteiger partial charge is 0.351 e. The van der Waals surface area contributed by atoms with E-state index in [-0.39, 0.29) is 5.91 Å². The van der Waals surface area contributed by atoms with E-state index >= 15 is 0 Å². The van der Waals surface area contributed by atoms with Gasteiger partial charge in [-0.2, -0.15) is 0 Å². The van der Waals surface area contributed by atoms with E-state index in [0.29, 0.717) is 10.5 Å². The minimum absolute atomic E-state index is 0.0763. The van der Waals surface area contributed by atoms with Crippen molar-refractivity contribution in [1.29, 1.82) is 0 Å². The molecule has 0 atom stereocenters. The summed E-state index contributed by atoms with van der Waals surface area (Å²) < 4.78 is 2.31. The van der Waals surface area contributed by atoms with Gasteiger partial charge in [0.05, 0.1) is 0 Å². The number of aromatic amines is 1. The number of H-pyrrole nitrogens is 1. The number of nitrogens with one attached hydrogen (secondary N) is 2. The zero-order valence-electron chi connectivity index (χ0n) is 13.3. The normalized spacial score (nSPS) is 15.0. The summed E-state index contributed by atoms with van der Waals surface area (Å²) in [6, 6.07) is 9.71. The second-order valence-electron chi connectivity index (χ2n) is 6.20. The van der Waals surface area contributed by atoms with Crippen LogP contribution in [0.25, 0.3) is 5.69 Å². The molecule has 1 aromatic heterocycles. The maximum absolute atomic E-state index is 12.5. The third kappa shape index (κ3) is 3.91. The molecule has 1 amide bonds. The quantitative estimate of drug-likeness (QED) is 0.615. The molecule has 1 aliphatic carbocycles. The third-order valence-corrected chi connectivity index (χ3v) is 4.87. The van der Waals surface area contributed by atoms with Crippen molar-refractivity contribution in [2.45, 2.75) is 38.5 Å². The number of aromatic nitrogens is 2. The van der Waals surface area contributed by atoms with Crippen LogP contribution in [-0.4, -0.2) is 22.0 Å². The van der Waals surface area contributed by atoms with Crippen LogP contribution in [0, 0.1) is 10.7 Å². The van der Waals surface area contributed by atoms with Crippen molar-refractivity contribution in [2.75, 3.05) is 6.54 Å². The predicted octanol–water partition coefficient (Wildman–Crippen LogP) is 4.24. The third-order valence-electron chi connectivity index (χ3n) is 4.57. The number of hydrogen-bond acceptors (Lipinski definition) is 2. The Morgan fingerprint density at radius 2 is 2.00 bits per heavy atom. The van der Waals surface area contributed by atoms with E-state index in [4.69, 9.17) is 12.2 Å². The predicted molar refractivity (Wildman–Crippen MR) is 94.5 cm³/mol. The molecule has 0 radical (unpaired) electrons. The molecule has 3 rings (SSSR count). The molecule has 0 aliphatic heterocycles. The number of carbonyl (C=O) groups is 1. The first kappa shape index (κ1) is 16.0. The zero-order valence-corrected chi connectivity index (χ0v) is 14.1. The van der Waals surface area contributed by atoms with Crippen LogP contribution in [0.5, 0.6) is 0 Å². The van der Waals surface area contributed by atoms with Crippen molar-refractivity contribution < 1.29 is 4.79 Å². The molecular formula is C18H23N3OS. The molecule has 122 valence electrons. The van der Waals surface area contributed by atoms with Crippen LogP contribution < -0.4 is 5.32 Å². The second-order valence-corrected chi connectivity index (χ2v) is 6.59. The lowest BCUT2D eigenvalue weighted by molar-refractivity contribution is 0.0945. The van der Waals surface area contributed by atoms with Crippen molar-refractivity contribution in [3.8, 4) is 5.69 Å². The van der Waals surface area contributed by atoms with E-state index in [1.54, 1.807) is 10.8 Å². The van der Waals surface area contributed by atoms with Crippen LogP contribution in [0.3, 0.4) is 0 Å². The minimum atomic E-state index is -0.0763. The lowest BCUT2D eigenvalue weighted by Crippen LogP contribution is -2.26. The van der Waals surface area contributed by atoms with Gasteiger partial charge in [-0.25, -0.2) is 0 Å². The van der Waals surface area contributed by atoms with Gasteiger partial charge in [-0.05, 0) is 43.1 Å². The Labute approximate surface area is 141 Å². The number of imidazole rings is 1. The second kappa shape index (κ2) is 7.59. The van der Waals surface area contributed by atoms with Crippen LogP contribution >= 0.6 is 12.2 Å². The molecule has 5 heteroatoms. The molecule has 1 heterocycles. The molecule has 1 fully saturated rings. The Morgan fingerprint density at radius 1 is 1.26 bits per heavy atom. The van der Waals surface area contributed by atoms with Crippen LogP contribution in [0.15, 0.2) is 36.5 Å². The van der Waals surface area contributed by atoms with E-state index < -0.39 is 0 Å². The highest BCUT2D eigenvalue weighted by Crippen LogP contribution is 2.28. The fourth-order valence-corrected chi connectivity index (χ4v) is 3.61. The minimum Gasteiger partial charge on any atom is -0.351 e. The monoisotopic (exact) mass is 329 g/mol.